The molecule has 0 atom stereocenters. The first kappa shape index (κ1) is 29.6. The summed E-state index contributed by atoms with van der Waals surface area (Å²) < 4.78 is 6.71. The Bertz CT molecular complexity index is 1120. The second kappa shape index (κ2) is 10.4. The molecule has 2 aromatic rings. The summed E-state index contributed by atoms with van der Waals surface area (Å²) in [5.74, 6) is 0. The van der Waals surface area contributed by atoms with Crippen LogP contribution < -0.4 is 6.54 Å². The molecule has 0 heterocycles. The molecule has 0 saturated heterocycles. The van der Waals surface area contributed by atoms with E-state index >= 15 is 0 Å². The van der Waals surface area contributed by atoms with Gasteiger partial charge in [-0.15, -0.1) is 24.8 Å². The van der Waals surface area contributed by atoms with Crippen LogP contribution in [0.3, 0.4) is 0 Å². The fourth-order valence-electron chi connectivity index (χ4n) is 5.59. The molecular formula is C30H40Cl2GeZr. The summed E-state index contributed by atoms with van der Waals surface area (Å²) in [6.07, 6.45) is 12.5. The first-order valence-electron chi connectivity index (χ1n) is 11.9. The largest absolute Gasteiger partial charge is 0.147 e. The van der Waals surface area contributed by atoms with E-state index in [4.69, 9.17) is 0 Å². The van der Waals surface area contributed by atoms with Crippen LogP contribution in [-0.4, -0.2) is 12.1 Å². The zero-order valence-electron chi connectivity index (χ0n) is 21.5. The van der Waals surface area contributed by atoms with E-state index < -0.39 is 15.7 Å². The van der Waals surface area contributed by atoms with Crippen molar-refractivity contribution < 1.29 is 15.7 Å². The molecule has 0 radical (unpaired) electrons. The minimum Gasteiger partial charge on any atom is -0.147 e. The molecule has 2 aromatic carbocycles. The minimum absolute atomic E-state index is 0. The second-order valence-electron chi connectivity index (χ2n) is 11.8. The Labute approximate surface area is 225 Å². The molecule has 2 aliphatic rings. The van der Waals surface area contributed by atoms with E-state index in [0.717, 1.165) is 12.8 Å². The predicted octanol–water partition coefficient (Wildman–Crippen LogP) is 7.24. The van der Waals surface area contributed by atoms with Gasteiger partial charge in [0.15, 0.2) is 0 Å². The summed E-state index contributed by atoms with van der Waals surface area (Å²) >= 11 is -2.64. The van der Waals surface area contributed by atoms with Crippen LogP contribution in [0.5, 0.6) is 0 Å². The van der Waals surface area contributed by atoms with Crippen LogP contribution in [0.25, 0.3) is 0 Å². The van der Waals surface area contributed by atoms with Crippen LogP contribution in [0, 0.1) is 10.8 Å². The van der Waals surface area contributed by atoms with Crippen molar-refractivity contribution >= 4 is 43.5 Å². The second-order valence-corrected chi connectivity index (χ2v) is 42.5. The van der Waals surface area contributed by atoms with Crippen molar-refractivity contribution in [1.29, 1.82) is 0 Å². The SMILES string of the molecule is CC(C)(C)C1=CC[C]([Zr](=[GeH2])([C]2=CC(C(C)(C)C)=CC2)([c]2ccccc2)[c]2ccccc2)=C1.Cl.Cl. The van der Waals surface area contributed by atoms with Gasteiger partial charge >= 0.3 is 202 Å². The normalized spacial score (nSPS) is 16.6. The summed E-state index contributed by atoms with van der Waals surface area (Å²) in [6.45, 7) is 14.1. The monoisotopic (exact) mass is 634 g/mol. The summed E-state index contributed by atoms with van der Waals surface area (Å²) in [5.41, 5.74) is 3.38. The first-order chi connectivity index (χ1) is 15.0. The Kier molecular flexibility index (Phi) is 9.08. The predicted molar refractivity (Wildman–Crippen MR) is 156 cm³/mol. The maximum Gasteiger partial charge on any atom is -0.147 e. The van der Waals surface area contributed by atoms with Gasteiger partial charge < -0.3 is 0 Å². The molecule has 0 saturated carbocycles. The van der Waals surface area contributed by atoms with Crippen molar-refractivity contribution in [2.24, 2.45) is 10.8 Å². The van der Waals surface area contributed by atoms with E-state index in [0.29, 0.717) is 0 Å². The van der Waals surface area contributed by atoms with Gasteiger partial charge in [0.2, 0.25) is 0 Å². The van der Waals surface area contributed by atoms with Crippen LogP contribution >= 0.6 is 24.8 Å². The molecule has 182 valence electrons. The van der Waals surface area contributed by atoms with Crippen molar-refractivity contribution in [3.63, 3.8) is 0 Å². The van der Waals surface area contributed by atoms with Gasteiger partial charge in [0.1, 0.15) is 0 Å². The van der Waals surface area contributed by atoms with Crippen molar-refractivity contribution in [3.8, 4) is 0 Å². The Morgan fingerprint density at radius 1 is 0.588 bits per heavy atom. The average molecular weight is 635 g/mol. The molecule has 0 unspecified atom stereocenters. The summed E-state index contributed by atoms with van der Waals surface area (Å²) in [6, 6.07) is 23.2. The van der Waals surface area contributed by atoms with Crippen molar-refractivity contribution in [2.75, 3.05) is 0 Å². The van der Waals surface area contributed by atoms with Crippen LogP contribution in [0.15, 0.2) is 103 Å². The van der Waals surface area contributed by atoms with Crippen LogP contribution in [-0.2, 0) is 15.7 Å². The fourth-order valence-corrected chi connectivity index (χ4v) is 32.6. The standard InChI is InChI=1S/2C9H13.2C6H5.2ClH.GeH2.Zr/c2*1-9(2,3)8-6-4-5-7-8;2*1-2-4-6-5-3-1;;;;/h2*6-7H,4H2,1-3H3;2*1-5H;2*1H;1H2;. The molecule has 0 aliphatic heterocycles. The number of halogens is 2. The van der Waals surface area contributed by atoms with E-state index in [1.165, 1.54) is 23.3 Å². The van der Waals surface area contributed by atoms with Gasteiger partial charge in [0, 0.05) is 0 Å². The Hall–Kier alpha value is -0.594. The quantitative estimate of drug-likeness (QED) is 0.311. The molecule has 0 aromatic heterocycles. The molecule has 0 amide bonds. The average Bonchev–Trinajstić information content (AvgIpc) is 3.45. The summed E-state index contributed by atoms with van der Waals surface area (Å²) in [7, 11) is 0. The van der Waals surface area contributed by atoms with Crippen molar-refractivity contribution in [1.82, 2.24) is 0 Å². The molecule has 4 heteroatoms. The number of allylic oxidation sites excluding steroid dienone is 8. The van der Waals surface area contributed by atoms with Crippen LogP contribution in [0.4, 0.5) is 0 Å². The van der Waals surface area contributed by atoms with Crippen molar-refractivity contribution in [2.45, 2.75) is 54.4 Å². The van der Waals surface area contributed by atoms with E-state index in [9.17, 15) is 0 Å². The molecule has 0 fully saturated rings. The maximum atomic E-state index is 2.63. The first-order valence-corrected chi connectivity index (χ1v) is 27.4. The third kappa shape index (κ3) is 4.85. The Balaban J connectivity index is 0.00000204. The van der Waals surface area contributed by atoms with E-state index in [-0.39, 0.29) is 35.6 Å². The van der Waals surface area contributed by atoms with Gasteiger partial charge in [0.05, 0.1) is 0 Å². The third-order valence-corrected chi connectivity index (χ3v) is 45.7. The Morgan fingerprint density at radius 2 is 0.912 bits per heavy atom. The van der Waals surface area contributed by atoms with Gasteiger partial charge in [-0.25, -0.2) is 0 Å². The maximum absolute atomic E-state index is 3.96. The zero-order valence-corrected chi connectivity index (χ0v) is 28.6. The number of benzene rings is 2. The van der Waals surface area contributed by atoms with E-state index in [1.54, 1.807) is 13.1 Å². The fraction of sp³-hybridized carbons (Fsp3) is 0.333. The van der Waals surface area contributed by atoms with E-state index in [1.807, 2.05) is 0 Å². The number of rotatable bonds is 4. The van der Waals surface area contributed by atoms with Gasteiger partial charge in [-0.2, -0.15) is 0 Å². The molecule has 0 spiro atoms. The molecule has 2 aliphatic carbocycles. The zero-order chi connectivity index (χ0) is 23.2. The molecular weight excluding hydrogens is 595 g/mol. The molecule has 0 bridgehead atoms. The van der Waals surface area contributed by atoms with Gasteiger partial charge in [-0.05, 0) is 0 Å². The van der Waals surface area contributed by atoms with Crippen LogP contribution in [0.1, 0.15) is 54.4 Å². The topological polar surface area (TPSA) is 0 Å². The number of hydrogen-bond acceptors (Lipinski definition) is 0. The third-order valence-electron chi connectivity index (χ3n) is 7.71. The summed E-state index contributed by atoms with van der Waals surface area (Å²) in [4.78, 5) is 0. The van der Waals surface area contributed by atoms with Crippen molar-refractivity contribution in [3.05, 3.63) is 103 Å². The molecule has 0 nitrogen and oxygen atoms in total. The molecule has 34 heavy (non-hydrogen) atoms. The van der Waals surface area contributed by atoms with Crippen LogP contribution in [0.2, 0.25) is 0 Å². The summed E-state index contributed by atoms with van der Waals surface area (Å²) in [5, 5.41) is 0. The van der Waals surface area contributed by atoms with Gasteiger partial charge in [-0.3, -0.25) is 0 Å². The van der Waals surface area contributed by atoms with Gasteiger partial charge in [-0.1, -0.05) is 0 Å². The van der Waals surface area contributed by atoms with Gasteiger partial charge in [0.25, 0.3) is 0 Å². The minimum atomic E-state index is -3.96. The molecule has 4 rings (SSSR count). The smallest absolute Gasteiger partial charge is 0.147 e. The Morgan fingerprint density at radius 3 is 1.18 bits per heavy atom. The molecule has 0 N–H and O–H groups in total. The van der Waals surface area contributed by atoms with E-state index in [2.05, 4.69) is 127 Å². The number of hydrogen-bond donors (Lipinski definition) is 0.